The number of rotatable bonds is 9. The summed E-state index contributed by atoms with van der Waals surface area (Å²) >= 11 is 0. The number of amides is 4. The Labute approximate surface area is 222 Å². The summed E-state index contributed by atoms with van der Waals surface area (Å²) in [6, 6.07) is 8.78. The number of hydrogen-bond donors (Lipinski definition) is 2. The number of nitrogens with zero attached hydrogens (tertiary/aromatic N) is 3. The summed E-state index contributed by atoms with van der Waals surface area (Å²) in [6.07, 6.45) is 0. The lowest BCUT2D eigenvalue weighted by Crippen LogP contribution is -2.50. The van der Waals surface area contributed by atoms with E-state index in [9.17, 15) is 18.8 Å². The smallest absolute Gasteiger partial charge is 0.325 e. The Morgan fingerprint density at radius 3 is 2.42 bits per heavy atom. The van der Waals surface area contributed by atoms with Gasteiger partial charge in [-0.15, -0.1) is 0 Å². The number of anilines is 1. The zero-order valence-electron chi connectivity index (χ0n) is 22.4. The van der Waals surface area contributed by atoms with Gasteiger partial charge in [0.05, 0.1) is 5.69 Å². The average molecular weight is 526 g/mol. The van der Waals surface area contributed by atoms with E-state index in [0.717, 1.165) is 37.6 Å². The second-order valence-corrected chi connectivity index (χ2v) is 10.3. The van der Waals surface area contributed by atoms with E-state index in [-0.39, 0.29) is 5.69 Å². The number of halogens is 1. The van der Waals surface area contributed by atoms with Crippen LogP contribution in [0.25, 0.3) is 0 Å². The van der Waals surface area contributed by atoms with Gasteiger partial charge in [-0.1, -0.05) is 32.0 Å². The van der Waals surface area contributed by atoms with Gasteiger partial charge in [0, 0.05) is 32.7 Å². The van der Waals surface area contributed by atoms with Crippen molar-refractivity contribution in [2.75, 3.05) is 51.7 Å². The summed E-state index contributed by atoms with van der Waals surface area (Å²) in [5.41, 5.74) is 1.30. The molecule has 2 atom stereocenters. The minimum absolute atomic E-state index is 0.00179. The molecule has 2 saturated heterocycles. The number of carbonyl (C=O) groups is 3. The topological polar surface area (TPSA) is 94.2 Å². The number of piperazine rings is 1. The maximum Gasteiger partial charge on any atom is 0.325 e. The number of hydrogen-bond acceptors (Lipinski definition) is 6. The monoisotopic (exact) mass is 525 g/mol. The van der Waals surface area contributed by atoms with Gasteiger partial charge in [0.25, 0.3) is 5.91 Å². The van der Waals surface area contributed by atoms with Gasteiger partial charge in [0.1, 0.15) is 30.3 Å². The molecule has 4 amide bonds. The highest BCUT2D eigenvalue weighted by Crippen LogP contribution is 2.28. The van der Waals surface area contributed by atoms with Gasteiger partial charge in [0.15, 0.2) is 0 Å². The zero-order chi connectivity index (χ0) is 27.4. The van der Waals surface area contributed by atoms with Gasteiger partial charge in [-0.3, -0.25) is 14.5 Å². The molecule has 0 aromatic heterocycles. The van der Waals surface area contributed by atoms with Crippen LogP contribution in [0.1, 0.15) is 31.0 Å². The van der Waals surface area contributed by atoms with E-state index < -0.39 is 41.7 Å². The Hall–Kier alpha value is -3.50. The molecule has 2 N–H and O–H groups in total. The van der Waals surface area contributed by atoms with Crippen molar-refractivity contribution >= 4 is 23.5 Å². The van der Waals surface area contributed by atoms with Crippen molar-refractivity contribution in [1.29, 1.82) is 0 Å². The summed E-state index contributed by atoms with van der Waals surface area (Å²) in [4.78, 5) is 44.9. The first-order valence-electron chi connectivity index (χ1n) is 13.0. The Morgan fingerprint density at radius 2 is 1.79 bits per heavy atom. The molecule has 0 radical (unpaired) electrons. The third-order valence-corrected chi connectivity index (χ3v) is 7.02. The van der Waals surface area contributed by atoms with Gasteiger partial charge in [0.2, 0.25) is 5.91 Å². The highest BCUT2D eigenvalue weighted by Gasteiger charge is 2.46. The fraction of sp³-hybridized carbons (Fsp3) is 0.464. The summed E-state index contributed by atoms with van der Waals surface area (Å²) in [5, 5.41) is 5.22. The van der Waals surface area contributed by atoms with Crippen LogP contribution in [-0.2, 0) is 9.59 Å². The number of benzene rings is 2. The SMILES string of the molecule is Cc1ccc(NC(=O)[C@H](C(C)C)N2C(=O)NC(c3ccc(OCCN4CCN(C)CC4)cc3)C2=O)c(F)c1. The van der Waals surface area contributed by atoms with Crippen LogP contribution >= 0.6 is 0 Å². The van der Waals surface area contributed by atoms with Crippen molar-refractivity contribution in [3.63, 3.8) is 0 Å². The highest BCUT2D eigenvalue weighted by atomic mass is 19.1. The van der Waals surface area contributed by atoms with Crippen molar-refractivity contribution in [3.8, 4) is 5.75 Å². The zero-order valence-corrected chi connectivity index (χ0v) is 22.4. The van der Waals surface area contributed by atoms with Gasteiger partial charge in [-0.25, -0.2) is 14.1 Å². The molecule has 2 aromatic carbocycles. The van der Waals surface area contributed by atoms with E-state index in [2.05, 4.69) is 27.5 Å². The molecule has 38 heavy (non-hydrogen) atoms. The van der Waals surface area contributed by atoms with Crippen LogP contribution in [0.3, 0.4) is 0 Å². The lowest BCUT2D eigenvalue weighted by Gasteiger charge is -2.32. The second kappa shape index (κ2) is 11.9. The first-order valence-corrected chi connectivity index (χ1v) is 13.0. The van der Waals surface area contributed by atoms with Crippen LogP contribution in [0.2, 0.25) is 0 Å². The predicted octanol–water partition coefficient (Wildman–Crippen LogP) is 3.02. The van der Waals surface area contributed by atoms with Gasteiger partial charge < -0.3 is 20.3 Å². The van der Waals surface area contributed by atoms with Crippen LogP contribution in [0.5, 0.6) is 5.75 Å². The molecular formula is C28H36FN5O4. The molecule has 4 rings (SSSR count). The maximum absolute atomic E-state index is 14.3. The van der Waals surface area contributed by atoms with Crippen molar-refractivity contribution in [1.82, 2.24) is 20.0 Å². The Balaban J connectivity index is 1.39. The van der Waals surface area contributed by atoms with Crippen LogP contribution in [0.15, 0.2) is 42.5 Å². The largest absolute Gasteiger partial charge is 0.492 e. The molecule has 2 heterocycles. The fourth-order valence-corrected chi connectivity index (χ4v) is 4.75. The minimum Gasteiger partial charge on any atom is -0.492 e. The molecule has 9 nitrogen and oxygen atoms in total. The van der Waals surface area contributed by atoms with E-state index >= 15 is 0 Å². The molecule has 0 aliphatic carbocycles. The van der Waals surface area contributed by atoms with Crippen molar-refractivity contribution in [3.05, 3.63) is 59.4 Å². The summed E-state index contributed by atoms with van der Waals surface area (Å²) in [7, 11) is 2.12. The van der Waals surface area contributed by atoms with Gasteiger partial charge >= 0.3 is 6.03 Å². The molecule has 2 fully saturated rings. The van der Waals surface area contributed by atoms with Gasteiger partial charge in [-0.05, 0) is 55.3 Å². The lowest BCUT2D eigenvalue weighted by atomic mass is 10.00. The Morgan fingerprint density at radius 1 is 1.11 bits per heavy atom. The fourth-order valence-electron chi connectivity index (χ4n) is 4.75. The van der Waals surface area contributed by atoms with E-state index in [1.165, 1.54) is 12.1 Å². The second-order valence-electron chi connectivity index (χ2n) is 10.3. The third-order valence-electron chi connectivity index (χ3n) is 7.02. The third kappa shape index (κ3) is 6.31. The molecule has 204 valence electrons. The highest BCUT2D eigenvalue weighted by molar-refractivity contribution is 6.09. The number of aryl methyl sites for hydroxylation is 1. The average Bonchev–Trinajstić information content (AvgIpc) is 3.16. The Kier molecular flexibility index (Phi) is 8.63. The van der Waals surface area contributed by atoms with E-state index in [0.29, 0.717) is 23.5 Å². The Bertz CT molecular complexity index is 1160. The normalized spacial score (nSPS) is 19.5. The van der Waals surface area contributed by atoms with Crippen LogP contribution < -0.4 is 15.4 Å². The first-order chi connectivity index (χ1) is 18.1. The first kappa shape index (κ1) is 27.5. The molecule has 2 aliphatic heterocycles. The number of likely N-dealkylation sites (N-methyl/N-ethyl adjacent to an activating group) is 1. The molecule has 0 spiro atoms. The molecule has 10 heteroatoms. The van der Waals surface area contributed by atoms with E-state index in [4.69, 9.17) is 4.74 Å². The molecular weight excluding hydrogens is 489 g/mol. The quantitative estimate of drug-likeness (QED) is 0.489. The van der Waals surface area contributed by atoms with E-state index in [1.807, 2.05) is 0 Å². The standard InChI is InChI=1S/C28H36FN5O4/c1-18(2)25(26(35)30-23-10-5-19(3)17-22(23)29)34-27(36)24(31-28(34)37)20-6-8-21(9-7-20)38-16-15-33-13-11-32(4)12-14-33/h5-10,17-18,24-25H,11-16H2,1-4H3,(H,30,35)(H,31,37)/t24?,25-/m0/s1. The molecule has 1 unspecified atom stereocenters. The van der Waals surface area contributed by atoms with Crippen molar-refractivity contribution in [2.24, 2.45) is 5.92 Å². The number of imide groups is 1. The van der Waals surface area contributed by atoms with Gasteiger partial charge in [-0.2, -0.15) is 0 Å². The lowest BCUT2D eigenvalue weighted by molar-refractivity contribution is -0.135. The number of urea groups is 1. The number of carbonyl (C=O) groups excluding carboxylic acids is 3. The summed E-state index contributed by atoms with van der Waals surface area (Å²) < 4.78 is 20.2. The summed E-state index contributed by atoms with van der Waals surface area (Å²) in [5.74, 6) is -1.46. The molecule has 2 aliphatic rings. The van der Waals surface area contributed by atoms with E-state index in [1.54, 1.807) is 51.1 Å². The molecule has 2 aromatic rings. The predicted molar refractivity (Wildman–Crippen MR) is 142 cm³/mol. The number of nitrogens with one attached hydrogen (secondary N) is 2. The minimum atomic E-state index is -1.11. The maximum atomic E-state index is 14.3. The van der Waals surface area contributed by atoms with Crippen LogP contribution in [0, 0.1) is 18.7 Å². The van der Waals surface area contributed by atoms with Crippen molar-refractivity contribution in [2.45, 2.75) is 32.9 Å². The molecule has 0 saturated carbocycles. The summed E-state index contributed by atoms with van der Waals surface area (Å²) in [6.45, 7) is 10.8. The van der Waals surface area contributed by atoms with Crippen LogP contribution in [-0.4, -0.2) is 85.0 Å². The molecule has 0 bridgehead atoms. The number of ether oxygens (including phenoxy) is 1. The van der Waals surface area contributed by atoms with Crippen LogP contribution in [0.4, 0.5) is 14.9 Å². The van der Waals surface area contributed by atoms with Crippen molar-refractivity contribution < 1.29 is 23.5 Å².